The summed E-state index contributed by atoms with van der Waals surface area (Å²) in [6.45, 7) is 7.59. The number of rotatable bonds is 5. The predicted octanol–water partition coefficient (Wildman–Crippen LogP) is 4.18. The molecule has 0 fully saturated rings. The monoisotopic (exact) mass is 333 g/mol. The largest absolute Gasteiger partial charge is 0.504 e. The van der Waals surface area contributed by atoms with Crippen molar-refractivity contribution in [1.82, 2.24) is 4.98 Å². The number of aromatic nitrogens is 1. The number of esters is 1. The molecule has 0 aliphatic carbocycles. The SMILES string of the molecule is COC(=O)c1nc2c(C)c(O)c(O)c(C(C)CCC=C(C)C)c2o1. The van der Waals surface area contributed by atoms with Gasteiger partial charge in [-0.25, -0.2) is 9.78 Å². The second kappa shape index (κ2) is 6.95. The lowest BCUT2D eigenvalue weighted by atomic mass is 9.92. The Balaban J connectivity index is 2.56. The Morgan fingerprint density at radius 3 is 2.58 bits per heavy atom. The highest BCUT2D eigenvalue weighted by Gasteiger charge is 2.26. The molecular formula is C18H23NO5. The van der Waals surface area contributed by atoms with Crippen molar-refractivity contribution in [2.24, 2.45) is 0 Å². The van der Waals surface area contributed by atoms with Crippen LogP contribution in [0, 0.1) is 6.92 Å². The van der Waals surface area contributed by atoms with Crippen molar-refractivity contribution >= 4 is 17.1 Å². The summed E-state index contributed by atoms with van der Waals surface area (Å²) in [4.78, 5) is 15.8. The van der Waals surface area contributed by atoms with Gasteiger partial charge in [0.25, 0.3) is 0 Å². The summed E-state index contributed by atoms with van der Waals surface area (Å²) in [6, 6.07) is 0. The molecule has 0 aliphatic heterocycles. The number of phenols is 2. The van der Waals surface area contributed by atoms with Crippen LogP contribution in [0.2, 0.25) is 0 Å². The van der Waals surface area contributed by atoms with Crippen LogP contribution in [-0.2, 0) is 4.74 Å². The fraction of sp³-hybridized carbons (Fsp3) is 0.444. The van der Waals surface area contributed by atoms with E-state index in [1.807, 2.05) is 20.8 Å². The maximum Gasteiger partial charge on any atom is 0.394 e. The molecule has 0 bridgehead atoms. The maximum absolute atomic E-state index is 11.7. The number of hydrogen-bond acceptors (Lipinski definition) is 6. The standard InChI is InChI=1S/C18H23NO5/c1-9(2)7-6-8-10(3)12-15(21)14(20)11(4)13-16(12)24-17(19-13)18(22)23-5/h7,10,20-21H,6,8H2,1-5H3. The molecule has 24 heavy (non-hydrogen) atoms. The second-order valence-corrected chi connectivity index (χ2v) is 6.18. The normalized spacial score (nSPS) is 12.2. The lowest BCUT2D eigenvalue weighted by Crippen LogP contribution is -2.00. The third kappa shape index (κ3) is 3.22. The van der Waals surface area contributed by atoms with Gasteiger partial charge in [0.15, 0.2) is 17.1 Å². The summed E-state index contributed by atoms with van der Waals surface area (Å²) >= 11 is 0. The summed E-state index contributed by atoms with van der Waals surface area (Å²) in [5.74, 6) is -1.45. The molecule has 1 aromatic heterocycles. The van der Waals surface area contributed by atoms with Crippen molar-refractivity contribution in [2.45, 2.75) is 46.5 Å². The summed E-state index contributed by atoms with van der Waals surface area (Å²) in [6.07, 6.45) is 3.70. The molecule has 0 saturated heterocycles. The van der Waals surface area contributed by atoms with Gasteiger partial charge < -0.3 is 19.4 Å². The number of carbonyl (C=O) groups excluding carboxylic acids is 1. The molecule has 1 heterocycles. The van der Waals surface area contributed by atoms with Crippen LogP contribution in [0.3, 0.4) is 0 Å². The highest BCUT2D eigenvalue weighted by Crippen LogP contribution is 2.44. The number of carbonyl (C=O) groups is 1. The molecule has 0 saturated carbocycles. The zero-order valence-electron chi connectivity index (χ0n) is 14.6. The topological polar surface area (TPSA) is 92.8 Å². The smallest absolute Gasteiger partial charge is 0.394 e. The third-order valence-corrected chi connectivity index (χ3v) is 4.07. The minimum atomic E-state index is -0.701. The number of allylic oxidation sites excluding steroid dienone is 2. The quantitative estimate of drug-likeness (QED) is 0.484. The van der Waals surface area contributed by atoms with E-state index in [0.29, 0.717) is 22.2 Å². The van der Waals surface area contributed by atoms with Gasteiger partial charge in [0.2, 0.25) is 0 Å². The summed E-state index contributed by atoms with van der Waals surface area (Å²) in [5.41, 5.74) is 2.71. The average Bonchev–Trinajstić information content (AvgIpc) is 2.96. The van der Waals surface area contributed by atoms with E-state index in [1.165, 1.54) is 12.7 Å². The van der Waals surface area contributed by atoms with Gasteiger partial charge in [-0.05, 0) is 39.5 Å². The molecule has 6 heteroatoms. The molecule has 1 unspecified atom stereocenters. The van der Waals surface area contributed by atoms with E-state index in [9.17, 15) is 15.0 Å². The van der Waals surface area contributed by atoms with E-state index < -0.39 is 5.97 Å². The molecule has 2 aromatic rings. The van der Waals surface area contributed by atoms with Crippen LogP contribution < -0.4 is 0 Å². The van der Waals surface area contributed by atoms with Gasteiger partial charge >= 0.3 is 11.9 Å². The molecule has 130 valence electrons. The Labute approximate surface area is 140 Å². The van der Waals surface area contributed by atoms with Gasteiger partial charge in [-0.2, -0.15) is 0 Å². The first kappa shape index (κ1) is 17.8. The van der Waals surface area contributed by atoms with E-state index >= 15 is 0 Å². The summed E-state index contributed by atoms with van der Waals surface area (Å²) in [7, 11) is 1.24. The van der Waals surface area contributed by atoms with E-state index in [4.69, 9.17) is 4.42 Å². The number of hydrogen-bond donors (Lipinski definition) is 2. The number of methoxy groups -OCH3 is 1. The van der Waals surface area contributed by atoms with Gasteiger partial charge in [0.1, 0.15) is 5.52 Å². The van der Waals surface area contributed by atoms with Crippen molar-refractivity contribution in [3.05, 3.63) is 28.7 Å². The molecule has 2 rings (SSSR count). The molecule has 0 amide bonds. The zero-order chi connectivity index (χ0) is 18.0. The van der Waals surface area contributed by atoms with Crippen molar-refractivity contribution in [2.75, 3.05) is 7.11 Å². The molecular weight excluding hydrogens is 310 g/mol. The van der Waals surface area contributed by atoms with Crippen LogP contribution in [-0.4, -0.2) is 28.3 Å². The first-order valence-electron chi connectivity index (χ1n) is 7.84. The number of ether oxygens (including phenoxy) is 1. The van der Waals surface area contributed by atoms with Crippen molar-refractivity contribution in [3.8, 4) is 11.5 Å². The number of phenolic OH excluding ortho intramolecular Hbond substituents is 2. The molecule has 0 aliphatic rings. The molecule has 2 N–H and O–H groups in total. The lowest BCUT2D eigenvalue weighted by Gasteiger charge is -2.15. The Morgan fingerprint density at radius 2 is 2.00 bits per heavy atom. The fourth-order valence-electron chi connectivity index (χ4n) is 2.68. The number of nitrogens with zero attached hydrogens (tertiary/aromatic N) is 1. The van der Waals surface area contributed by atoms with E-state index in [-0.39, 0.29) is 23.3 Å². The number of aromatic hydroxyl groups is 2. The maximum atomic E-state index is 11.7. The lowest BCUT2D eigenvalue weighted by molar-refractivity contribution is 0.0558. The van der Waals surface area contributed by atoms with Gasteiger partial charge in [0.05, 0.1) is 7.11 Å². The minimum Gasteiger partial charge on any atom is -0.504 e. The first-order chi connectivity index (χ1) is 11.3. The Hall–Kier alpha value is -2.50. The van der Waals surface area contributed by atoms with Gasteiger partial charge in [0, 0.05) is 11.1 Å². The second-order valence-electron chi connectivity index (χ2n) is 6.18. The average molecular weight is 333 g/mol. The van der Waals surface area contributed by atoms with Gasteiger partial charge in [-0.15, -0.1) is 0 Å². The number of oxazole rings is 1. The van der Waals surface area contributed by atoms with Crippen LogP contribution >= 0.6 is 0 Å². The molecule has 0 radical (unpaired) electrons. The first-order valence-corrected chi connectivity index (χ1v) is 7.84. The zero-order valence-corrected chi connectivity index (χ0v) is 14.6. The van der Waals surface area contributed by atoms with Gasteiger partial charge in [-0.3, -0.25) is 0 Å². The van der Waals surface area contributed by atoms with Gasteiger partial charge in [-0.1, -0.05) is 18.6 Å². The molecule has 6 nitrogen and oxygen atoms in total. The van der Waals surface area contributed by atoms with Crippen LogP contribution in [0.25, 0.3) is 11.1 Å². The van der Waals surface area contributed by atoms with Crippen LogP contribution in [0.15, 0.2) is 16.1 Å². The highest BCUT2D eigenvalue weighted by atomic mass is 16.5. The fourth-order valence-corrected chi connectivity index (χ4v) is 2.68. The van der Waals surface area contributed by atoms with Crippen molar-refractivity contribution in [3.63, 3.8) is 0 Å². The third-order valence-electron chi connectivity index (χ3n) is 4.07. The van der Waals surface area contributed by atoms with Crippen molar-refractivity contribution < 1.29 is 24.2 Å². The number of fused-ring (bicyclic) bond motifs is 1. The summed E-state index contributed by atoms with van der Waals surface area (Å²) < 4.78 is 10.2. The van der Waals surface area contributed by atoms with E-state index in [0.717, 1.165) is 12.8 Å². The summed E-state index contributed by atoms with van der Waals surface area (Å²) in [5, 5.41) is 20.6. The molecule has 0 spiro atoms. The Kier molecular flexibility index (Phi) is 5.17. The molecule has 1 atom stereocenters. The van der Waals surface area contributed by atoms with Crippen LogP contribution in [0.1, 0.15) is 61.3 Å². The van der Waals surface area contributed by atoms with E-state index in [2.05, 4.69) is 15.8 Å². The van der Waals surface area contributed by atoms with Crippen LogP contribution in [0.5, 0.6) is 11.5 Å². The molecule has 1 aromatic carbocycles. The highest BCUT2D eigenvalue weighted by molar-refractivity contribution is 5.92. The van der Waals surface area contributed by atoms with Crippen LogP contribution in [0.4, 0.5) is 0 Å². The predicted molar refractivity (Wildman–Crippen MR) is 90.5 cm³/mol. The van der Waals surface area contributed by atoms with E-state index in [1.54, 1.807) is 6.92 Å². The Bertz CT molecular complexity index is 800. The van der Waals surface area contributed by atoms with Crippen molar-refractivity contribution in [1.29, 1.82) is 0 Å². The number of aryl methyl sites for hydroxylation is 1. The Morgan fingerprint density at radius 1 is 1.33 bits per heavy atom. The number of benzene rings is 1. The minimum absolute atomic E-state index is 0.0898.